The molecule has 0 spiro atoms. The number of halogens is 2. The van der Waals surface area contributed by atoms with Gasteiger partial charge in [-0.2, -0.15) is 0 Å². The zero-order valence-electron chi connectivity index (χ0n) is 12.9. The lowest BCUT2D eigenvalue weighted by Gasteiger charge is -2.11. The lowest BCUT2D eigenvalue weighted by Crippen LogP contribution is -1.96. The first kappa shape index (κ1) is 15.9. The molecule has 0 saturated heterocycles. The number of hydrogen-bond donors (Lipinski definition) is 1. The molecule has 0 aliphatic rings. The first-order valence-corrected chi connectivity index (χ1v) is 8.39. The van der Waals surface area contributed by atoms with Gasteiger partial charge in [0, 0.05) is 16.1 Å². The Morgan fingerprint density at radius 2 is 1.44 bits per heavy atom. The van der Waals surface area contributed by atoms with Crippen LogP contribution in [0.1, 0.15) is 0 Å². The first-order valence-electron chi connectivity index (χ1n) is 7.63. The van der Waals surface area contributed by atoms with Crippen molar-refractivity contribution < 1.29 is 5.11 Å². The SMILES string of the molecule is Oc1ccc(-c2nc3cccc(Cl)c3nc2-c2cccc(Cl)c2)cc1. The summed E-state index contributed by atoms with van der Waals surface area (Å²) in [5, 5.41) is 10.7. The summed E-state index contributed by atoms with van der Waals surface area (Å²) in [6, 6.07) is 19.8. The lowest BCUT2D eigenvalue weighted by atomic mass is 10.0. The molecule has 3 aromatic carbocycles. The number of fused-ring (bicyclic) bond motifs is 1. The molecule has 1 aromatic heterocycles. The Morgan fingerprint density at radius 3 is 2.20 bits per heavy atom. The second kappa shape index (κ2) is 6.36. The Balaban J connectivity index is 2.05. The van der Waals surface area contributed by atoms with Gasteiger partial charge in [0.15, 0.2) is 0 Å². The van der Waals surface area contributed by atoms with E-state index < -0.39 is 0 Å². The van der Waals surface area contributed by atoms with Crippen LogP contribution in [0, 0.1) is 0 Å². The van der Waals surface area contributed by atoms with Crippen LogP contribution in [0.4, 0.5) is 0 Å². The summed E-state index contributed by atoms with van der Waals surface area (Å²) < 4.78 is 0. The molecule has 5 heteroatoms. The van der Waals surface area contributed by atoms with Gasteiger partial charge < -0.3 is 5.11 Å². The summed E-state index contributed by atoms with van der Waals surface area (Å²) in [4.78, 5) is 9.54. The summed E-state index contributed by atoms with van der Waals surface area (Å²) in [5.74, 6) is 0.199. The van der Waals surface area contributed by atoms with E-state index in [2.05, 4.69) is 0 Å². The zero-order chi connectivity index (χ0) is 17.4. The molecule has 0 saturated carbocycles. The second-order valence-corrected chi connectivity index (χ2v) is 6.43. The van der Waals surface area contributed by atoms with Crippen molar-refractivity contribution in [3.63, 3.8) is 0 Å². The number of aromatic nitrogens is 2. The van der Waals surface area contributed by atoms with Gasteiger partial charge in [0.1, 0.15) is 11.3 Å². The minimum absolute atomic E-state index is 0.199. The molecule has 0 unspecified atom stereocenters. The number of phenols is 1. The standard InChI is InChI=1S/C20H12Cl2N2O/c21-14-4-1-3-13(11-14)19-18(12-7-9-15(25)10-8-12)23-17-6-2-5-16(22)20(17)24-19/h1-11,25H. The number of phenolic OH excluding ortho intramolecular Hbond substituents is 1. The van der Waals surface area contributed by atoms with Gasteiger partial charge in [-0.05, 0) is 48.5 Å². The molecule has 0 atom stereocenters. The molecule has 1 N–H and O–H groups in total. The van der Waals surface area contributed by atoms with E-state index in [0.29, 0.717) is 32.5 Å². The molecule has 122 valence electrons. The van der Waals surface area contributed by atoms with Crippen LogP contribution in [0.5, 0.6) is 5.75 Å². The largest absolute Gasteiger partial charge is 0.508 e. The van der Waals surface area contributed by atoms with Gasteiger partial charge in [0.25, 0.3) is 0 Å². The molecule has 1 heterocycles. The van der Waals surface area contributed by atoms with Crippen LogP contribution in [0.25, 0.3) is 33.5 Å². The number of hydrogen-bond acceptors (Lipinski definition) is 3. The molecule has 4 rings (SSSR count). The fraction of sp³-hybridized carbons (Fsp3) is 0. The second-order valence-electron chi connectivity index (χ2n) is 5.59. The predicted octanol–water partition coefficient (Wildman–Crippen LogP) is 5.98. The average Bonchev–Trinajstić information content (AvgIpc) is 2.62. The van der Waals surface area contributed by atoms with E-state index in [1.165, 1.54) is 0 Å². The van der Waals surface area contributed by atoms with Crippen molar-refractivity contribution in [2.45, 2.75) is 0 Å². The maximum atomic E-state index is 9.56. The van der Waals surface area contributed by atoms with Gasteiger partial charge in [-0.15, -0.1) is 0 Å². The van der Waals surface area contributed by atoms with E-state index in [4.69, 9.17) is 33.2 Å². The molecular weight excluding hydrogens is 355 g/mol. The van der Waals surface area contributed by atoms with Crippen molar-refractivity contribution in [2.75, 3.05) is 0 Å². The van der Waals surface area contributed by atoms with Crippen molar-refractivity contribution in [3.05, 3.63) is 76.8 Å². The lowest BCUT2D eigenvalue weighted by molar-refractivity contribution is 0.475. The highest BCUT2D eigenvalue weighted by atomic mass is 35.5. The number of rotatable bonds is 2. The minimum atomic E-state index is 0.199. The Hall–Kier alpha value is -2.62. The van der Waals surface area contributed by atoms with E-state index in [1.807, 2.05) is 48.5 Å². The normalized spacial score (nSPS) is 11.0. The molecule has 0 fully saturated rings. The molecular formula is C20H12Cl2N2O. The van der Waals surface area contributed by atoms with E-state index >= 15 is 0 Å². The summed E-state index contributed by atoms with van der Waals surface area (Å²) in [7, 11) is 0. The molecule has 0 radical (unpaired) electrons. The van der Waals surface area contributed by atoms with Crippen LogP contribution in [0.3, 0.4) is 0 Å². The van der Waals surface area contributed by atoms with Gasteiger partial charge in [-0.1, -0.05) is 41.4 Å². The van der Waals surface area contributed by atoms with Gasteiger partial charge >= 0.3 is 0 Å². The topological polar surface area (TPSA) is 46.0 Å². The number of benzene rings is 3. The number of para-hydroxylation sites is 1. The van der Waals surface area contributed by atoms with Gasteiger partial charge in [0.2, 0.25) is 0 Å². The third-order valence-electron chi connectivity index (χ3n) is 3.88. The highest BCUT2D eigenvalue weighted by molar-refractivity contribution is 6.35. The van der Waals surface area contributed by atoms with Gasteiger partial charge in [-0.3, -0.25) is 0 Å². The van der Waals surface area contributed by atoms with E-state index in [0.717, 1.165) is 11.1 Å². The third-order valence-corrected chi connectivity index (χ3v) is 4.42. The van der Waals surface area contributed by atoms with Crippen LogP contribution in [-0.4, -0.2) is 15.1 Å². The van der Waals surface area contributed by atoms with Crippen LogP contribution < -0.4 is 0 Å². The van der Waals surface area contributed by atoms with Crippen molar-refractivity contribution in [2.24, 2.45) is 0 Å². The summed E-state index contributed by atoms with van der Waals surface area (Å²) in [6.45, 7) is 0. The summed E-state index contributed by atoms with van der Waals surface area (Å²) >= 11 is 12.5. The summed E-state index contributed by atoms with van der Waals surface area (Å²) in [6.07, 6.45) is 0. The molecule has 25 heavy (non-hydrogen) atoms. The molecule has 4 aromatic rings. The Labute approximate surface area is 154 Å². The van der Waals surface area contributed by atoms with Crippen LogP contribution in [-0.2, 0) is 0 Å². The highest BCUT2D eigenvalue weighted by Crippen LogP contribution is 2.34. The van der Waals surface area contributed by atoms with Crippen molar-refractivity contribution in [1.29, 1.82) is 0 Å². The molecule has 0 amide bonds. The molecule has 3 nitrogen and oxygen atoms in total. The summed E-state index contributed by atoms with van der Waals surface area (Å²) in [5.41, 5.74) is 4.45. The quantitative estimate of drug-likeness (QED) is 0.474. The van der Waals surface area contributed by atoms with E-state index in [1.54, 1.807) is 18.2 Å². The maximum Gasteiger partial charge on any atom is 0.115 e. The monoisotopic (exact) mass is 366 g/mol. The van der Waals surface area contributed by atoms with Crippen molar-refractivity contribution in [1.82, 2.24) is 9.97 Å². The van der Waals surface area contributed by atoms with Gasteiger partial charge in [-0.25, -0.2) is 9.97 Å². The van der Waals surface area contributed by atoms with Gasteiger partial charge in [0.05, 0.1) is 21.9 Å². The zero-order valence-corrected chi connectivity index (χ0v) is 14.5. The predicted molar refractivity (Wildman–Crippen MR) is 102 cm³/mol. The molecule has 0 aliphatic carbocycles. The first-order chi connectivity index (χ1) is 12.1. The minimum Gasteiger partial charge on any atom is -0.508 e. The third kappa shape index (κ3) is 3.04. The fourth-order valence-electron chi connectivity index (χ4n) is 2.70. The smallest absolute Gasteiger partial charge is 0.115 e. The van der Waals surface area contributed by atoms with Crippen molar-refractivity contribution >= 4 is 34.2 Å². The molecule has 0 bridgehead atoms. The highest BCUT2D eigenvalue weighted by Gasteiger charge is 2.15. The fourth-order valence-corrected chi connectivity index (χ4v) is 3.10. The van der Waals surface area contributed by atoms with Crippen LogP contribution >= 0.6 is 23.2 Å². The van der Waals surface area contributed by atoms with E-state index in [9.17, 15) is 5.11 Å². The van der Waals surface area contributed by atoms with Crippen LogP contribution in [0.2, 0.25) is 10.0 Å². The van der Waals surface area contributed by atoms with Crippen molar-refractivity contribution in [3.8, 4) is 28.3 Å². The Kier molecular flexibility index (Phi) is 4.04. The maximum absolute atomic E-state index is 9.56. The molecule has 0 aliphatic heterocycles. The Bertz CT molecular complexity index is 1080. The average molecular weight is 367 g/mol. The van der Waals surface area contributed by atoms with E-state index in [-0.39, 0.29) is 5.75 Å². The number of nitrogens with zero attached hydrogens (tertiary/aromatic N) is 2. The number of aromatic hydroxyl groups is 1. The van der Waals surface area contributed by atoms with Crippen LogP contribution in [0.15, 0.2) is 66.7 Å². The Morgan fingerprint density at radius 1 is 0.720 bits per heavy atom.